The largest absolute Gasteiger partial charge is 0.462 e. The summed E-state index contributed by atoms with van der Waals surface area (Å²) in [5.74, 6) is -0.653. The summed E-state index contributed by atoms with van der Waals surface area (Å²) in [5.41, 5.74) is -0.744. The van der Waals surface area contributed by atoms with Crippen LogP contribution in [0.1, 0.15) is 32.1 Å². The maximum absolute atomic E-state index is 12.3. The SMILES string of the molecule is CS(=O)(=O)NC(=O)C12CC3CC(C1)OC(=O)C(C3)C2. The second-order valence-electron chi connectivity index (χ2n) is 6.19. The molecule has 1 N–H and O–H groups in total. The van der Waals surface area contributed by atoms with Gasteiger partial charge in [0.15, 0.2) is 0 Å². The number of carbonyl (C=O) groups is 2. The Labute approximate surface area is 111 Å². The molecule has 0 aromatic heterocycles. The number of carbonyl (C=O) groups excluding carboxylic acids is 2. The fourth-order valence-electron chi connectivity index (χ4n) is 4.00. The number of amides is 1. The first-order chi connectivity index (χ1) is 8.77. The maximum atomic E-state index is 12.3. The number of hydrogen-bond acceptors (Lipinski definition) is 5. The molecule has 2 saturated heterocycles. The lowest BCUT2D eigenvalue weighted by Gasteiger charge is -2.44. The molecule has 2 aliphatic carbocycles. The van der Waals surface area contributed by atoms with Crippen molar-refractivity contribution in [3.8, 4) is 0 Å². The van der Waals surface area contributed by atoms with Crippen LogP contribution in [0, 0.1) is 17.3 Å². The Morgan fingerprint density at radius 2 is 2.05 bits per heavy atom. The molecular weight excluding hydrogens is 270 g/mol. The minimum Gasteiger partial charge on any atom is -0.462 e. The fourth-order valence-corrected chi connectivity index (χ4v) is 4.55. The highest BCUT2D eigenvalue weighted by atomic mass is 32.2. The van der Waals surface area contributed by atoms with Crippen LogP contribution in [0.15, 0.2) is 0 Å². The van der Waals surface area contributed by atoms with E-state index in [4.69, 9.17) is 4.74 Å². The van der Waals surface area contributed by atoms with Gasteiger partial charge in [-0.3, -0.25) is 14.3 Å². The lowest BCUT2D eigenvalue weighted by atomic mass is 9.58. The van der Waals surface area contributed by atoms with Crippen LogP contribution in [0.3, 0.4) is 0 Å². The van der Waals surface area contributed by atoms with Gasteiger partial charge in [-0.15, -0.1) is 0 Å². The van der Waals surface area contributed by atoms with Crippen molar-refractivity contribution >= 4 is 21.9 Å². The average molecular weight is 287 g/mol. The molecule has 4 fully saturated rings. The number of nitrogens with one attached hydrogen (secondary N) is 1. The third-order valence-electron chi connectivity index (χ3n) is 4.52. The predicted molar refractivity (Wildman–Crippen MR) is 65.4 cm³/mol. The van der Waals surface area contributed by atoms with Crippen LogP contribution < -0.4 is 4.72 Å². The van der Waals surface area contributed by atoms with Crippen molar-refractivity contribution in [3.63, 3.8) is 0 Å². The Balaban J connectivity index is 1.92. The van der Waals surface area contributed by atoms with Gasteiger partial charge in [0.2, 0.25) is 15.9 Å². The number of sulfonamides is 1. The van der Waals surface area contributed by atoms with E-state index in [1.807, 2.05) is 0 Å². The molecule has 4 rings (SSSR count). The van der Waals surface area contributed by atoms with E-state index in [2.05, 4.69) is 4.72 Å². The van der Waals surface area contributed by atoms with Gasteiger partial charge >= 0.3 is 5.97 Å². The Morgan fingerprint density at radius 1 is 1.32 bits per heavy atom. The molecule has 0 spiro atoms. The fraction of sp³-hybridized carbons (Fsp3) is 0.833. The summed E-state index contributed by atoms with van der Waals surface area (Å²) in [6.45, 7) is 0. The molecule has 2 saturated carbocycles. The topological polar surface area (TPSA) is 89.5 Å². The summed E-state index contributed by atoms with van der Waals surface area (Å²) in [7, 11) is -3.57. The minimum absolute atomic E-state index is 0.221. The Morgan fingerprint density at radius 3 is 2.74 bits per heavy atom. The molecule has 4 atom stereocenters. The molecule has 0 aromatic rings. The van der Waals surface area contributed by atoms with E-state index in [0.717, 1.165) is 19.1 Å². The molecule has 6 nitrogen and oxygen atoms in total. The van der Waals surface area contributed by atoms with E-state index in [9.17, 15) is 18.0 Å². The van der Waals surface area contributed by atoms with Crippen molar-refractivity contribution < 1.29 is 22.7 Å². The first kappa shape index (κ1) is 12.9. The monoisotopic (exact) mass is 287 g/mol. The summed E-state index contributed by atoms with van der Waals surface area (Å²) in [4.78, 5) is 24.2. The van der Waals surface area contributed by atoms with Crippen molar-refractivity contribution in [2.75, 3.05) is 6.26 Å². The average Bonchev–Trinajstić information content (AvgIpc) is 2.39. The second-order valence-corrected chi connectivity index (χ2v) is 7.94. The third-order valence-corrected chi connectivity index (χ3v) is 5.08. The normalized spacial score (nSPS) is 40.7. The van der Waals surface area contributed by atoms with Crippen LogP contribution in [0.4, 0.5) is 0 Å². The van der Waals surface area contributed by atoms with Crippen LogP contribution in [-0.2, 0) is 24.3 Å². The molecule has 7 heteroatoms. The number of fused-ring (bicyclic) bond motifs is 1. The molecule has 4 bridgehead atoms. The van der Waals surface area contributed by atoms with Crippen LogP contribution in [0.5, 0.6) is 0 Å². The molecule has 1 amide bonds. The Bertz CT molecular complexity index is 542. The first-order valence-electron chi connectivity index (χ1n) is 6.50. The van der Waals surface area contributed by atoms with Gasteiger partial charge in [-0.1, -0.05) is 0 Å². The lowest BCUT2D eigenvalue weighted by molar-refractivity contribution is -0.151. The zero-order chi connectivity index (χ0) is 13.8. The molecule has 2 heterocycles. The van der Waals surface area contributed by atoms with Crippen molar-refractivity contribution in [2.24, 2.45) is 17.3 Å². The molecule has 2 aliphatic heterocycles. The third kappa shape index (κ3) is 2.24. The molecule has 0 aromatic carbocycles. The first-order valence-corrected chi connectivity index (χ1v) is 8.39. The van der Waals surface area contributed by atoms with Gasteiger partial charge < -0.3 is 4.74 Å². The van der Waals surface area contributed by atoms with Crippen molar-refractivity contribution in [2.45, 2.75) is 38.2 Å². The van der Waals surface area contributed by atoms with E-state index in [0.29, 0.717) is 19.3 Å². The summed E-state index contributed by atoms with van der Waals surface area (Å²) in [6.07, 6.45) is 3.84. The number of rotatable bonds is 2. The number of hydrogen-bond donors (Lipinski definition) is 1. The second kappa shape index (κ2) is 3.94. The van der Waals surface area contributed by atoms with E-state index in [1.54, 1.807) is 0 Å². The molecule has 4 aliphatic rings. The minimum atomic E-state index is -3.57. The predicted octanol–water partition coefficient (Wildman–Crippen LogP) is 0.184. The van der Waals surface area contributed by atoms with Gasteiger partial charge in [0, 0.05) is 0 Å². The van der Waals surface area contributed by atoms with Crippen LogP contribution in [0.2, 0.25) is 0 Å². The van der Waals surface area contributed by atoms with Gasteiger partial charge in [-0.2, -0.15) is 0 Å². The van der Waals surface area contributed by atoms with Gasteiger partial charge in [0.05, 0.1) is 17.6 Å². The maximum Gasteiger partial charge on any atom is 0.309 e. The molecule has 106 valence electrons. The zero-order valence-electron chi connectivity index (χ0n) is 10.7. The molecule has 4 unspecified atom stereocenters. The van der Waals surface area contributed by atoms with Crippen molar-refractivity contribution in [1.82, 2.24) is 4.72 Å². The van der Waals surface area contributed by atoms with Crippen LogP contribution in [0.25, 0.3) is 0 Å². The highest BCUT2D eigenvalue weighted by Crippen LogP contribution is 2.54. The highest BCUT2D eigenvalue weighted by Gasteiger charge is 2.56. The summed E-state index contributed by atoms with van der Waals surface area (Å²) in [6, 6.07) is 0. The van der Waals surface area contributed by atoms with Crippen molar-refractivity contribution in [1.29, 1.82) is 0 Å². The van der Waals surface area contributed by atoms with Crippen LogP contribution >= 0.6 is 0 Å². The summed E-state index contributed by atoms with van der Waals surface area (Å²) >= 11 is 0. The summed E-state index contributed by atoms with van der Waals surface area (Å²) < 4.78 is 30.0. The van der Waals surface area contributed by atoms with Gasteiger partial charge in [0.25, 0.3) is 0 Å². The smallest absolute Gasteiger partial charge is 0.309 e. The van der Waals surface area contributed by atoms with Gasteiger partial charge in [0.1, 0.15) is 6.10 Å². The highest BCUT2D eigenvalue weighted by molar-refractivity contribution is 7.89. The zero-order valence-corrected chi connectivity index (χ0v) is 11.5. The molecule has 0 radical (unpaired) electrons. The van der Waals surface area contributed by atoms with E-state index < -0.39 is 21.3 Å². The standard InChI is InChI=1S/C12H17NO5S/c1-19(16,17)13-11(15)12-4-7-2-8(5-12)10(14)18-9(3-7)6-12/h7-9H,2-6H2,1H3,(H,13,15). The Kier molecular flexibility index (Phi) is 2.68. The van der Waals surface area contributed by atoms with Crippen molar-refractivity contribution in [3.05, 3.63) is 0 Å². The van der Waals surface area contributed by atoms with Gasteiger partial charge in [-0.25, -0.2) is 8.42 Å². The number of esters is 1. The lowest BCUT2D eigenvalue weighted by Crippen LogP contribution is -2.50. The van der Waals surface area contributed by atoms with E-state index in [-0.39, 0.29) is 23.9 Å². The van der Waals surface area contributed by atoms with Gasteiger partial charge in [-0.05, 0) is 38.0 Å². The Hall–Kier alpha value is -1.11. The molecular formula is C12H17NO5S. The number of ether oxygens (including phenoxy) is 1. The van der Waals surface area contributed by atoms with E-state index >= 15 is 0 Å². The molecule has 19 heavy (non-hydrogen) atoms. The van der Waals surface area contributed by atoms with E-state index in [1.165, 1.54) is 0 Å². The quantitative estimate of drug-likeness (QED) is 0.732. The summed E-state index contributed by atoms with van der Waals surface area (Å²) in [5, 5.41) is 0. The van der Waals surface area contributed by atoms with Crippen LogP contribution in [-0.4, -0.2) is 32.7 Å².